The summed E-state index contributed by atoms with van der Waals surface area (Å²) < 4.78 is 0. The fourth-order valence-corrected chi connectivity index (χ4v) is 1.51. The molecule has 9 heavy (non-hydrogen) atoms. The van der Waals surface area contributed by atoms with Gasteiger partial charge in [-0.3, -0.25) is 0 Å². The van der Waals surface area contributed by atoms with Gasteiger partial charge in [-0.2, -0.15) is 0 Å². The highest BCUT2D eigenvalue weighted by Gasteiger charge is 2.36. The Morgan fingerprint density at radius 1 is 1.44 bits per heavy atom. The summed E-state index contributed by atoms with van der Waals surface area (Å²) in [6.07, 6.45) is 6.05. The maximum absolute atomic E-state index is 2.33. The molecule has 0 saturated heterocycles. The molecule has 0 N–H and O–H groups in total. The van der Waals surface area contributed by atoms with Crippen molar-refractivity contribution in [3.63, 3.8) is 0 Å². The summed E-state index contributed by atoms with van der Waals surface area (Å²) in [5.74, 6) is 1.91. The highest BCUT2D eigenvalue weighted by Crippen LogP contribution is 2.46. The number of allylic oxidation sites excluding steroid dienone is 4. The Morgan fingerprint density at radius 2 is 2.00 bits per heavy atom. The molecule has 0 spiro atoms. The highest BCUT2D eigenvalue weighted by molar-refractivity contribution is 5.46. The first-order valence-corrected chi connectivity index (χ1v) is 3.67. The fourth-order valence-electron chi connectivity index (χ4n) is 1.51. The lowest BCUT2D eigenvalue weighted by atomic mass is 9.96. The van der Waals surface area contributed by atoms with Crippen molar-refractivity contribution in [3.05, 3.63) is 23.3 Å². The molecular formula is C9H12. The van der Waals surface area contributed by atoms with Crippen molar-refractivity contribution in [2.45, 2.75) is 20.3 Å². The molecular weight excluding hydrogens is 108 g/mol. The predicted octanol–water partition coefficient (Wildman–Crippen LogP) is 2.53. The quantitative estimate of drug-likeness (QED) is 0.499. The van der Waals surface area contributed by atoms with Crippen LogP contribution in [0.3, 0.4) is 0 Å². The molecule has 0 radical (unpaired) electrons. The molecule has 0 aromatic heterocycles. The smallest absolute Gasteiger partial charge is 0.0133 e. The van der Waals surface area contributed by atoms with Gasteiger partial charge in [0, 0.05) is 0 Å². The van der Waals surface area contributed by atoms with Gasteiger partial charge in [0.15, 0.2) is 0 Å². The summed E-state index contributed by atoms with van der Waals surface area (Å²) in [5, 5.41) is 0. The summed E-state index contributed by atoms with van der Waals surface area (Å²) in [5.41, 5.74) is 3.05. The van der Waals surface area contributed by atoms with Crippen molar-refractivity contribution < 1.29 is 0 Å². The summed E-state index contributed by atoms with van der Waals surface area (Å²) in [6, 6.07) is 0. The summed E-state index contributed by atoms with van der Waals surface area (Å²) in [6.45, 7) is 4.49. The van der Waals surface area contributed by atoms with Gasteiger partial charge >= 0.3 is 0 Å². The van der Waals surface area contributed by atoms with Crippen molar-refractivity contribution in [1.29, 1.82) is 0 Å². The van der Waals surface area contributed by atoms with E-state index >= 15 is 0 Å². The van der Waals surface area contributed by atoms with Crippen LogP contribution >= 0.6 is 0 Å². The SMILES string of the molecule is CC1=CC(C2CC2C)=C1. The summed E-state index contributed by atoms with van der Waals surface area (Å²) >= 11 is 0. The van der Waals surface area contributed by atoms with Gasteiger partial charge in [-0.25, -0.2) is 0 Å². The largest absolute Gasteiger partial charge is 0.0619 e. The van der Waals surface area contributed by atoms with E-state index in [1.165, 1.54) is 12.0 Å². The van der Waals surface area contributed by atoms with E-state index in [9.17, 15) is 0 Å². The van der Waals surface area contributed by atoms with Crippen LogP contribution in [-0.4, -0.2) is 0 Å². The average molecular weight is 120 g/mol. The average Bonchev–Trinajstić information content (AvgIpc) is 2.38. The minimum atomic E-state index is 0.939. The third-order valence-corrected chi connectivity index (χ3v) is 2.33. The van der Waals surface area contributed by atoms with Crippen LogP contribution in [0, 0.1) is 11.8 Å². The minimum Gasteiger partial charge on any atom is -0.0619 e. The lowest BCUT2D eigenvalue weighted by Gasteiger charge is -2.10. The second kappa shape index (κ2) is 1.50. The topological polar surface area (TPSA) is 0 Å². The number of rotatable bonds is 1. The normalized spacial score (nSPS) is 38.9. The fraction of sp³-hybridized carbons (Fsp3) is 0.556. The van der Waals surface area contributed by atoms with Gasteiger partial charge in [-0.1, -0.05) is 24.6 Å². The van der Waals surface area contributed by atoms with Gasteiger partial charge in [0.2, 0.25) is 0 Å². The predicted molar refractivity (Wildman–Crippen MR) is 39.1 cm³/mol. The maximum atomic E-state index is 2.33. The molecule has 0 heterocycles. The van der Waals surface area contributed by atoms with E-state index in [-0.39, 0.29) is 0 Å². The van der Waals surface area contributed by atoms with E-state index in [2.05, 4.69) is 26.0 Å². The van der Waals surface area contributed by atoms with Crippen LogP contribution in [0.25, 0.3) is 0 Å². The highest BCUT2D eigenvalue weighted by atomic mass is 14.4. The second-order valence-corrected chi connectivity index (χ2v) is 3.35. The van der Waals surface area contributed by atoms with E-state index in [0.717, 1.165) is 11.8 Å². The molecule has 0 aromatic carbocycles. The molecule has 1 fully saturated rings. The molecule has 0 nitrogen and oxygen atoms in total. The van der Waals surface area contributed by atoms with Gasteiger partial charge in [0.05, 0.1) is 0 Å². The van der Waals surface area contributed by atoms with Gasteiger partial charge in [-0.05, 0) is 30.8 Å². The molecule has 0 amide bonds. The van der Waals surface area contributed by atoms with Crippen molar-refractivity contribution in [3.8, 4) is 0 Å². The third kappa shape index (κ3) is 0.735. The van der Waals surface area contributed by atoms with Gasteiger partial charge < -0.3 is 0 Å². The van der Waals surface area contributed by atoms with E-state index in [4.69, 9.17) is 0 Å². The molecule has 2 atom stereocenters. The Balaban J connectivity index is 1.98. The third-order valence-electron chi connectivity index (χ3n) is 2.33. The van der Waals surface area contributed by atoms with Crippen LogP contribution in [0.1, 0.15) is 20.3 Å². The number of hydrogen-bond donors (Lipinski definition) is 0. The molecule has 1 saturated carbocycles. The molecule has 0 aliphatic heterocycles. The van der Waals surface area contributed by atoms with Crippen LogP contribution in [0.15, 0.2) is 23.3 Å². The van der Waals surface area contributed by atoms with Crippen molar-refractivity contribution in [2.24, 2.45) is 11.8 Å². The second-order valence-electron chi connectivity index (χ2n) is 3.35. The van der Waals surface area contributed by atoms with Gasteiger partial charge in [0.1, 0.15) is 0 Å². The summed E-state index contributed by atoms with van der Waals surface area (Å²) in [4.78, 5) is 0. The van der Waals surface area contributed by atoms with Crippen LogP contribution < -0.4 is 0 Å². The van der Waals surface area contributed by atoms with Crippen molar-refractivity contribution in [2.75, 3.05) is 0 Å². The molecule has 0 aromatic rings. The lowest BCUT2D eigenvalue weighted by Crippen LogP contribution is -1.93. The van der Waals surface area contributed by atoms with Crippen molar-refractivity contribution >= 4 is 0 Å². The zero-order valence-corrected chi connectivity index (χ0v) is 6.02. The zero-order chi connectivity index (χ0) is 6.43. The lowest BCUT2D eigenvalue weighted by molar-refractivity contribution is 0.863. The van der Waals surface area contributed by atoms with Crippen LogP contribution in [0.2, 0.25) is 0 Å². The number of hydrogen-bond acceptors (Lipinski definition) is 0. The van der Waals surface area contributed by atoms with Crippen LogP contribution in [0.5, 0.6) is 0 Å². The van der Waals surface area contributed by atoms with Gasteiger partial charge in [-0.15, -0.1) is 0 Å². The van der Waals surface area contributed by atoms with E-state index in [1.807, 2.05) is 0 Å². The Hall–Kier alpha value is -0.520. The Bertz CT molecular complexity index is 196. The van der Waals surface area contributed by atoms with E-state index < -0.39 is 0 Å². The first-order chi connectivity index (χ1) is 4.27. The van der Waals surface area contributed by atoms with Crippen molar-refractivity contribution in [1.82, 2.24) is 0 Å². The first-order valence-electron chi connectivity index (χ1n) is 3.67. The molecule has 0 bridgehead atoms. The Labute approximate surface area is 56.3 Å². The standard InChI is InChI=1S/C9H12/c1-6-3-8(4-6)9-5-7(9)2/h3-4,7,9H,5H2,1-2H3. The molecule has 48 valence electrons. The molecule has 0 heteroatoms. The minimum absolute atomic E-state index is 0.939. The van der Waals surface area contributed by atoms with Gasteiger partial charge in [0.25, 0.3) is 0 Å². The Kier molecular flexibility index (Phi) is 0.879. The van der Waals surface area contributed by atoms with Crippen LogP contribution in [-0.2, 0) is 0 Å². The first kappa shape index (κ1) is 5.28. The molecule has 2 aliphatic carbocycles. The Morgan fingerprint density at radius 3 is 2.33 bits per heavy atom. The zero-order valence-electron chi connectivity index (χ0n) is 6.02. The van der Waals surface area contributed by atoms with Crippen LogP contribution in [0.4, 0.5) is 0 Å². The molecule has 2 aliphatic rings. The molecule has 2 unspecified atom stereocenters. The van der Waals surface area contributed by atoms with E-state index in [1.54, 1.807) is 5.57 Å². The molecule has 2 rings (SSSR count). The summed E-state index contributed by atoms with van der Waals surface area (Å²) in [7, 11) is 0. The monoisotopic (exact) mass is 120 g/mol. The van der Waals surface area contributed by atoms with E-state index in [0.29, 0.717) is 0 Å². The maximum Gasteiger partial charge on any atom is -0.0133 e.